The van der Waals surface area contributed by atoms with Gasteiger partial charge >= 0.3 is 0 Å². The Hall–Kier alpha value is -9.56. The molecule has 420 valence electrons. The molecule has 13 aromatic rings. The molecule has 86 heavy (non-hydrogen) atoms. The van der Waals surface area contributed by atoms with Gasteiger partial charge in [-0.15, -0.1) is 0 Å². The van der Waals surface area contributed by atoms with Crippen molar-refractivity contribution in [3.05, 3.63) is 362 Å². The number of aryl methyl sites for hydroxylation is 7. The third kappa shape index (κ3) is 9.42. The van der Waals surface area contributed by atoms with E-state index in [9.17, 15) is 0 Å². The first kappa shape index (κ1) is 55.6. The zero-order chi connectivity index (χ0) is 59.5. The first-order chi connectivity index (χ1) is 41.7. The quantitative estimate of drug-likeness (QED) is 0.166. The summed E-state index contributed by atoms with van der Waals surface area (Å²) in [6, 6.07) is 99.9. The molecule has 0 fully saturated rings. The van der Waals surface area contributed by atoms with Crippen LogP contribution in [0.5, 0.6) is 0 Å². The van der Waals surface area contributed by atoms with Crippen molar-refractivity contribution in [1.82, 2.24) is 4.57 Å². The van der Waals surface area contributed by atoms with Gasteiger partial charge in [-0.2, -0.15) is 0 Å². The third-order valence-corrected chi connectivity index (χ3v) is 18.8. The molecule has 0 amide bonds. The van der Waals surface area contributed by atoms with Crippen molar-refractivity contribution in [2.24, 2.45) is 0 Å². The van der Waals surface area contributed by atoms with Gasteiger partial charge in [-0.1, -0.05) is 290 Å². The van der Waals surface area contributed by atoms with E-state index in [-0.39, 0.29) is 16.2 Å². The van der Waals surface area contributed by atoms with Crippen molar-refractivity contribution in [1.29, 1.82) is 0 Å². The minimum absolute atomic E-state index is 0.0563. The average Bonchev–Trinajstić information content (AvgIpc) is 1.58. The summed E-state index contributed by atoms with van der Waals surface area (Å²) in [6.45, 7) is 22.2. The van der Waals surface area contributed by atoms with E-state index in [4.69, 9.17) is 0 Å². The van der Waals surface area contributed by atoms with Crippen LogP contribution in [0.3, 0.4) is 0 Å². The van der Waals surface area contributed by atoms with Crippen LogP contribution in [0.2, 0.25) is 0 Å². The van der Waals surface area contributed by atoms with Crippen LogP contribution < -0.4 is 0 Å². The Morgan fingerprint density at radius 1 is 0.244 bits per heavy atom. The topological polar surface area (TPSA) is 4.93 Å². The fourth-order valence-electron chi connectivity index (χ4n) is 14.5. The van der Waals surface area contributed by atoms with Crippen molar-refractivity contribution in [2.45, 2.75) is 85.5 Å². The van der Waals surface area contributed by atoms with Crippen LogP contribution in [0.25, 0.3) is 60.9 Å². The molecular weight excluding hydrogens is 1030 g/mol. The van der Waals surface area contributed by atoms with Crippen LogP contribution >= 0.6 is 0 Å². The van der Waals surface area contributed by atoms with Gasteiger partial charge in [0.2, 0.25) is 0 Å². The summed E-state index contributed by atoms with van der Waals surface area (Å²) >= 11 is 0. The summed E-state index contributed by atoms with van der Waals surface area (Å²) in [6.07, 6.45) is 0. The fraction of sp³-hybridized carbons (Fsp3) is 0.153. The number of aromatic nitrogens is 1. The van der Waals surface area contributed by atoms with Gasteiger partial charge in [0, 0.05) is 27.3 Å². The van der Waals surface area contributed by atoms with Crippen LogP contribution in [-0.4, -0.2) is 4.57 Å². The summed E-state index contributed by atoms with van der Waals surface area (Å²) in [5.74, 6) is 0. The molecule has 0 saturated carbocycles. The van der Waals surface area contributed by atoms with Crippen LogP contribution in [0.4, 0.5) is 0 Å². The Morgan fingerprint density at radius 2 is 0.547 bits per heavy atom. The molecule has 1 aromatic heterocycles. The van der Waals surface area contributed by atoms with Gasteiger partial charge in [-0.3, -0.25) is 0 Å². The van der Waals surface area contributed by atoms with Crippen LogP contribution in [0, 0.1) is 48.5 Å². The van der Waals surface area contributed by atoms with Crippen molar-refractivity contribution in [3.63, 3.8) is 0 Å². The van der Waals surface area contributed by atoms with Crippen LogP contribution in [0.1, 0.15) is 110 Å². The molecule has 1 nitrogen and oxygen atoms in total. The summed E-state index contributed by atoms with van der Waals surface area (Å²) in [5, 5.41) is 2.64. The van der Waals surface area contributed by atoms with Crippen molar-refractivity contribution >= 4 is 21.8 Å². The lowest BCUT2D eigenvalue weighted by molar-refractivity contribution is 0.659. The number of nitrogens with zero attached hydrogens (tertiary/aromatic N) is 1. The van der Waals surface area contributed by atoms with Gasteiger partial charge in [0.15, 0.2) is 0 Å². The van der Waals surface area contributed by atoms with Gasteiger partial charge in [0.1, 0.15) is 0 Å². The molecule has 1 unspecified atom stereocenters. The van der Waals surface area contributed by atoms with E-state index >= 15 is 0 Å². The first-order valence-corrected chi connectivity index (χ1v) is 30.6. The Labute approximate surface area is 510 Å². The number of rotatable bonds is 4. The summed E-state index contributed by atoms with van der Waals surface area (Å²) in [4.78, 5) is 0. The maximum Gasteiger partial charge on any atom is 0.0713 e. The van der Waals surface area contributed by atoms with Crippen molar-refractivity contribution in [2.75, 3.05) is 0 Å². The van der Waals surface area contributed by atoms with E-state index in [2.05, 4.69) is 347 Å². The molecule has 1 heteroatoms. The Balaban J connectivity index is 0.000000108. The molecular formula is C85H75N. The minimum atomic E-state index is -0.273. The average molecular weight is 1110 g/mol. The van der Waals surface area contributed by atoms with Crippen LogP contribution in [0.15, 0.2) is 273 Å². The Morgan fingerprint density at radius 3 is 0.977 bits per heavy atom. The van der Waals surface area contributed by atoms with E-state index in [1.807, 2.05) is 0 Å². The molecule has 0 spiro atoms. The molecule has 1 atom stereocenters. The number of para-hydroxylation sites is 1. The molecule has 0 bridgehead atoms. The van der Waals surface area contributed by atoms with Gasteiger partial charge < -0.3 is 4.57 Å². The van der Waals surface area contributed by atoms with Crippen molar-refractivity contribution < 1.29 is 0 Å². The molecule has 1 heterocycles. The zero-order valence-corrected chi connectivity index (χ0v) is 51.4. The lowest BCUT2D eigenvalue weighted by Gasteiger charge is -2.34. The van der Waals surface area contributed by atoms with Crippen molar-refractivity contribution in [3.8, 4) is 39.1 Å². The normalized spacial score (nSPS) is 14.9. The Kier molecular flexibility index (Phi) is 14.3. The maximum absolute atomic E-state index is 2.38. The monoisotopic (exact) mass is 1110 g/mol. The largest absolute Gasteiger partial charge is 0.309 e. The molecule has 0 aliphatic heterocycles. The first-order valence-electron chi connectivity index (χ1n) is 30.6. The number of hydrogen-bond donors (Lipinski definition) is 0. The smallest absolute Gasteiger partial charge is 0.0713 e. The Bertz CT molecular complexity index is 4470. The maximum atomic E-state index is 2.38. The molecule has 0 radical (unpaired) electrons. The van der Waals surface area contributed by atoms with E-state index in [0.29, 0.717) is 0 Å². The van der Waals surface area contributed by atoms with E-state index in [1.165, 1.54) is 150 Å². The lowest BCUT2D eigenvalue weighted by Crippen LogP contribution is -2.28. The van der Waals surface area contributed by atoms with E-state index in [1.54, 1.807) is 0 Å². The second kappa shape index (κ2) is 22.1. The highest BCUT2D eigenvalue weighted by Crippen LogP contribution is 2.57. The molecule has 3 aliphatic carbocycles. The fourth-order valence-corrected chi connectivity index (χ4v) is 14.5. The SMILES string of the molecule is Cc1ccc2c(c1)C(C)(C)c1cc(C)ccc1-2.Cc1ccc2c(c1)C(C)(c1ccccc1)c1ccccc1-2.Cc1ccc2c(c1)C(c1ccccc1)(c1ccccc1)c1cc(C)ccc1-2.Cc1ccc2c3ccc(C)cc3n(-c3ccccc3)c2c1. The molecule has 3 aliphatic rings. The molecule has 0 N–H and O–H groups in total. The highest BCUT2D eigenvalue weighted by Gasteiger charge is 2.46. The lowest BCUT2D eigenvalue weighted by atomic mass is 9.67. The highest BCUT2D eigenvalue weighted by molar-refractivity contribution is 6.09. The summed E-state index contributed by atoms with van der Waals surface area (Å²) < 4.78 is 2.37. The standard InChI is InChI=1S/C27H22.C21H18.C20H17N.C17H18/c1-19-13-15-23-24-16-14-20(2)18-26(24)27(25(23)17-19,21-9-5-3-6-10-21)22-11-7-4-8-12-22;1-15-12-13-18-17-10-6-7-11-19(17)21(2,20(18)14-15)16-8-4-3-5-9-16;1-14-8-10-17-18-11-9-15(2)13-20(18)21(19(17)12-14)16-6-4-3-5-7-16;1-11-5-7-13-14-8-6-12(2)10-16(14)17(3,4)15(13)9-11/h3-18H,1-2H3;3-14H,1-2H3;3-13H,1-2H3;5-10H,1-4H3. The molecule has 16 rings (SSSR count). The van der Waals surface area contributed by atoms with Gasteiger partial charge in [-0.05, 0) is 174 Å². The second-order valence-electron chi connectivity index (χ2n) is 25.1. The second-order valence-corrected chi connectivity index (χ2v) is 25.1. The highest BCUT2D eigenvalue weighted by atomic mass is 15.0. The third-order valence-electron chi connectivity index (χ3n) is 18.8. The summed E-state index contributed by atoms with van der Waals surface area (Å²) in [7, 11) is 0. The van der Waals surface area contributed by atoms with E-state index in [0.717, 1.165) is 0 Å². The predicted molar refractivity (Wildman–Crippen MR) is 366 cm³/mol. The number of benzene rings is 12. The number of fused-ring (bicyclic) bond motifs is 12. The predicted octanol–water partition coefficient (Wildman–Crippen LogP) is 22.0. The zero-order valence-electron chi connectivity index (χ0n) is 51.4. The molecule has 12 aromatic carbocycles. The molecule has 0 saturated heterocycles. The van der Waals surface area contributed by atoms with Gasteiger partial charge in [0.05, 0.1) is 16.4 Å². The number of hydrogen-bond acceptors (Lipinski definition) is 0. The van der Waals surface area contributed by atoms with Gasteiger partial charge in [0.25, 0.3) is 0 Å². The van der Waals surface area contributed by atoms with Gasteiger partial charge in [-0.25, -0.2) is 0 Å². The van der Waals surface area contributed by atoms with Crippen LogP contribution in [-0.2, 0) is 16.2 Å². The van der Waals surface area contributed by atoms with E-state index < -0.39 is 0 Å². The summed E-state index contributed by atoms with van der Waals surface area (Å²) in [5.41, 5.74) is 33.6. The minimum Gasteiger partial charge on any atom is -0.309 e.